The molecule has 3 rings (SSSR count). The van der Waals surface area contributed by atoms with E-state index in [0.29, 0.717) is 12.8 Å². The molecule has 0 aromatic heterocycles. The summed E-state index contributed by atoms with van der Waals surface area (Å²) in [4.78, 5) is 34.9. The number of carbonyl (C=O) groups is 2. The summed E-state index contributed by atoms with van der Waals surface area (Å²) in [7, 11) is 1.37. The molecule has 0 spiro atoms. The molecule has 0 radical (unpaired) electrons. The summed E-state index contributed by atoms with van der Waals surface area (Å²) in [5.74, 6) is -0.401. The first-order chi connectivity index (χ1) is 13.9. The highest BCUT2D eigenvalue weighted by Gasteiger charge is 2.27. The van der Waals surface area contributed by atoms with Gasteiger partial charge < -0.3 is 14.2 Å². The zero-order chi connectivity index (χ0) is 21.0. The summed E-state index contributed by atoms with van der Waals surface area (Å²) in [5.41, 5.74) is -0.128. The number of ketones is 1. The number of benzene rings is 2. The van der Waals surface area contributed by atoms with Crippen LogP contribution in [0, 0.1) is 10.1 Å². The summed E-state index contributed by atoms with van der Waals surface area (Å²) in [6.07, 6.45) is 1.84. The molecule has 0 saturated heterocycles. The van der Waals surface area contributed by atoms with Crippen LogP contribution in [-0.2, 0) is 9.53 Å². The lowest BCUT2D eigenvalue weighted by atomic mass is 9.96. The van der Waals surface area contributed by atoms with E-state index in [1.165, 1.54) is 43.5 Å². The van der Waals surface area contributed by atoms with Crippen LogP contribution in [0.2, 0.25) is 5.02 Å². The average molecular weight is 420 g/mol. The van der Waals surface area contributed by atoms with E-state index in [9.17, 15) is 19.7 Å². The van der Waals surface area contributed by atoms with Crippen molar-refractivity contribution in [3.8, 4) is 17.2 Å². The molecule has 1 aliphatic rings. The lowest BCUT2D eigenvalue weighted by molar-refractivity contribution is -0.385. The van der Waals surface area contributed by atoms with Crippen molar-refractivity contribution in [3.63, 3.8) is 0 Å². The Bertz CT molecular complexity index is 960. The van der Waals surface area contributed by atoms with Crippen molar-refractivity contribution in [1.82, 2.24) is 0 Å². The molecule has 2 aromatic rings. The summed E-state index contributed by atoms with van der Waals surface area (Å²) in [5, 5.41) is 11.4. The second-order valence-electron chi connectivity index (χ2n) is 6.44. The zero-order valence-electron chi connectivity index (χ0n) is 15.6. The third-order valence-corrected chi connectivity index (χ3v) is 4.72. The first kappa shape index (κ1) is 20.6. The fraction of sp³-hybridized carbons (Fsp3) is 0.300. The Labute approximate surface area is 171 Å². The maximum Gasteiger partial charge on any atom is 0.338 e. The van der Waals surface area contributed by atoms with Crippen molar-refractivity contribution in [2.75, 3.05) is 7.11 Å². The quantitative estimate of drug-likeness (QED) is 0.379. The van der Waals surface area contributed by atoms with Gasteiger partial charge in [-0.15, -0.1) is 0 Å². The Morgan fingerprint density at radius 3 is 2.59 bits per heavy atom. The number of hydrogen-bond donors (Lipinski definition) is 0. The van der Waals surface area contributed by atoms with Crippen LogP contribution in [0.3, 0.4) is 0 Å². The minimum atomic E-state index is -0.727. The average Bonchev–Trinajstić information content (AvgIpc) is 2.71. The van der Waals surface area contributed by atoms with Crippen LogP contribution in [-0.4, -0.2) is 29.9 Å². The van der Waals surface area contributed by atoms with Crippen LogP contribution in [0.5, 0.6) is 17.2 Å². The minimum Gasteiger partial charge on any atom is -0.493 e. The lowest BCUT2D eigenvalue weighted by Gasteiger charge is -2.20. The topological polar surface area (TPSA) is 105 Å². The van der Waals surface area contributed by atoms with Crippen molar-refractivity contribution in [2.24, 2.45) is 0 Å². The van der Waals surface area contributed by atoms with Gasteiger partial charge in [-0.05, 0) is 49.6 Å². The van der Waals surface area contributed by atoms with Gasteiger partial charge in [-0.1, -0.05) is 11.6 Å². The third kappa shape index (κ3) is 4.83. The van der Waals surface area contributed by atoms with Gasteiger partial charge in [0.2, 0.25) is 5.75 Å². The molecule has 29 heavy (non-hydrogen) atoms. The fourth-order valence-electron chi connectivity index (χ4n) is 2.99. The first-order valence-electron chi connectivity index (χ1n) is 8.92. The molecular formula is C20H18ClNO7. The molecule has 2 aromatic carbocycles. The van der Waals surface area contributed by atoms with E-state index < -0.39 is 17.0 Å². The van der Waals surface area contributed by atoms with Gasteiger partial charge in [0.1, 0.15) is 0 Å². The maximum atomic E-state index is 12.4. The van der Waals surface area contributed by atoms with Crippen LogP contribution < -0.4 is 9.47 Å². The van der Waals surface area contributed by atoms with E-state index in [1.807, 2.05) is 0 Å². The van der Waals surface area contributed by atoms with E-state index in [0.717, 1.165) is 12.8 Å². The standard InChI is InChI=1S/C20H18ClNO7/c1-27-19-10-12(20(24)29-17-5-3-2-4-15(17)23)6-8-18(19)28-16-9-7-13(21)11-14(16)22(25)26/h6-11,17H,2-5H2,1H3. The lowest BCUT2D eigenvalue weighted by Crippen LogP contribution is -2.30. The maximum absolute atomic E-state index is 12.4. The van der Waals surface area contributed by atoms with Crippen molar-refractivity contribution < 1.29 is 28.7 Å². The van der Waals surface area contributed by atoms with Gasteiger partial charge in [0.15, 0.2) is 23.4 Å². The van der Waals surface area contributed by atoms with Gasteiger partial charge in [-0.25, -0.2) is 4.79 Å². The van der Waals surface area contributed by atoms with Crippen LogP contribution in [0.1, 0.15) is 36.0 Å². The fourth-order valence-corrected chi connectivity index (χ4v) is 3.16. The summed E-state index contributed by atoms with van der Waals surface area (Å²) < 4.78 is 16.2. The molecule has 1 unspecified atom stereocenters. The number of methoxy groups -OCH3 is 1. The molecular weight excluding hydrogens is 402 g/mol. The molecule has 1 aliphatic carbocycles. The molecule has 1 atom stereocenters. The van der Waals surface area contributed by atoms with Crippen molar-refractivity contribution in [3.05, 3.63) is 57.1 Å². The molecule has 9 heteroatoms. The molecule has 0 bridgehead atoms. The van der Waals surface area contributed by atoms with E-state index in [1.54, 1.807) is 0 Å². The predicted octanol–water partition coefficient (Wildman–Crippen LogP) is 4.72. The van der Waals surface area contributed by atoms with Crippen molar-refractivity contribution in [1.29, 1.82) is 0 Å². The van der Waals surface area contributed by atoms with Gasteiger partial charge in [-0.2, -0.15) is 0 Å². The van der Waals surface area contributed by atoms with Crippen LogP contribution in [0.4, 0.5) is 5.69 Å². The Morgan fingerprint density at radius 1 is 1.14 bits per heavy atom. The predicted molar refractivity (Wildman–Crippen MR) is 104 cm³/mol. The molecule has 1 saturated carbocycles. The van der Waals surface area contributed by atoms with Crippen LogP contribution in [0.15, 0.2) is 36.4 Å². The number of halogens is 1. The van der Waals surface area contributed by atoms with Crippen LogP contribution in [0.25, 0.3) is 0 Å². The second kappa shape index (κ2) is 8.91. The minimum absolute atomic E-state index is 0.0270. The molecule has 0 aliphatic heterocycles. The van der Waals surface area contributed by atoms with Gasteiger partial charge in [0, 0.05) is 17.5 Å². The summed E-state index contributed by atoms with van der Waals surface area (Å²) >= 11 is 5.81. The Balaban J connectivity index is 1.81. The number of esters is 1. The number of ether oxygens (including phenoxy) is 3. The summed E-state index contributed by atoms with van der Waals surface area (Å²) in [6, 6.07) is 8.29. The van der Waals surface area contributed by atoms with Crippen molar-refractivity contribution >= 4 is 29.0 Å². The Hall–Kier alpha value is -3.13. The largest absolute Gasteiger partial charge is 0.493 e. The number of carbonyl (C=O) groups excluding carboxylic acids is 2. The van der Waals surface area contributed by atoms with Crippen molar-refractivity contribution in [2.45, 2.75) is 31.8 Å². The smallest absolute Gasteiger partial charge is 0.338 e. The highest BCUT2D eigenvalue weighted by molar-refractivity contribution is 6.30. The molecule has 0 heterocycles. The van der Waals surface area contributed by atoms with E-state index in [4.69, 9.17) is 25.8 Å². The number of Topliss-reactive ketones (excluding diaryl/α,β-unsaturated/α-hetero) is 1. The number of hydrogen-bond acceptors (Lipinski definition) is 7. The van der Waals surface area contributed by atoms with E-state index in [-0.39, 0.29) is 39.3 Å². The number of nitrogens with zero attached hydrogens (tertiary/aromatic N) is 1. The molecule has 0 amide bonds. The number of nitro groups is 1. The molecule has 8 nitrogen and oxygen atoms in total. The SMILES string of the molecule is COc1cc(C(=O)OC2CCCCC2=O)ccc1Oc1ccc(Cl)cc1[N+](=O)[O-]. The highest BCUT2D eigenvalue weighted by Crippen LogP contribution is 2.38. The second-order valence-corrected chi connectivity index (χ2v) is 6.88. The Kier molecular flexibility index (Phi) is 6.33. The molecule has 1 fully saturated rings. The zero-order valence-corrected chi connectivity index (χ0v) is 16.3. The molecule has 0 N–H and O–H groups in total. The first-order valence-corrected chi connectivity index (χ1v) is 9.30. The molecule has 152 valence electrons. The third-order valence-electron chi connectivity index (χ3n) is 4.48. The van der Waals surface area contributed by atoms with Gasteiger partial charge in [-0.3, -0.25) is 14.9 Å². The van der Waals surface area contributed by atoms with Crippen LogP contribution >= 0.6 is 11.6 Å². The van der Waals surface area contributed by atoms with E-state index >= 15 is 0 Å². The monoisotopic (exact) mass is 419 g/mol. The highest BCUT2D eigenvalue weighted by atomic mass is 35.5. The number of rotatable bonds is 6. The van der Waals surface area contributed by atoms with Gasteiger partial charge >= 0.3 is 11.7 Å². The van der Waals surface area contributed by atoms with E-state index in [2.05, 4.69) is 0 Å². The number of nitro benzene ring substituents is 1. The normalized spacial score (nSPS) is 16.2. The Morgan fingerprint density at radius 2 is 1.90 bits per heavy atom. The summed E-state index contributed by atoms with van der Waals surface area (Å²) in [6.45, 7) is 0. The van der Waals surface area contributed by atoms with Gasteiger partial charge in [0.25, 0.3) is 0 Å². The van der Waals surface area contributed by atoms with Gasteiger partial charge in [0.05, 0.1) is 17.6 Å².